The largest absolute Gasteiger partial charge is 0.373 e. The standard InChI is InChI=1S/C14H27N5/c1-6-11(7-2)19(9-10(3)4)13-8-12(16-5)17-14(15)18-13/h8,10-11H,6-7,9H2,1-5H3,(H3,15,16,17,18). The Morgan fingerprint density at radius 2 is 1.89 bits per heavy atom. The number of aromatic nitrogens is 2. The lowest BCUT2D eigenvalue weighted by molar-refractivity contribution is 0.503. The third kappa shape index (κ3) is 4.26. The number of anilines is 3. The maximum absolute atomic E-state index is 5.80. The third-order valence-electron chi connectivity index (χ3n) is 3.23. The summed E-state index contributed by atoms with van der Waals surface area (Å²) in [4.78, 5) is 10.9. The predicted octanol–water partition coefficient (Wildman–Crippen LogP) is 2.75. The molecule has 0 amide bonds. The van der Waals surface area contributed by atoms with Crippen LogP contribution in [0.2, 0.25) is 0 Å². The predicted molar refractivity (Wildman–Crippen MR) is 82.5 cm³/mol. The van der Waals surface area contributed by atoms with E-state index in [1.807, 2.05) is 13.1 Å². The molecule has 5 heteroatoms. The molecule has 0 unspecified atom stereocenters. The van der Waals surface area contributed by atoms with E-state index in [-0.39, 0.29) is 0 Å². The Balaban J connectivity index is 3.11. The normalized spacial score (nSPS) is 11.1. The van der Waals surface area contributed by atoms with Gasteiger partial charge in [0.15, 0.2) is 0 Å². The second-order valence-corrected chi connectivity index (χ2v) is 5.24. The van der Waals surface area contributed by atoms with E-state index in [4.69, 9.17) is 5.73 Å². The first-order chi connectivity index (χ1) is 9.01. The minimum absolute atomic E-state index is 0.321. The summed E-state index contributed by atoms with van der Waals surface area (Å²) in [6.45, 7) is 9.85. The Kier molecular flexibility index (Phi) is 5.86. The highest BCUT2D eigenvalue weighted by Gasteiger charge is 2.19. The number of nitrogens with two attached hydrogens (primary N) is 1. The first-order valence-corrected chi connectivity index (χ1v) is 7.10. The Hall–Kier alpha value is -1.52. The van der Waals surface area contributed by atoms with Gasteiger partial charge >= 0.3 is 0 Å². The van der Waals surface area contributed by atoms with Crippen molar-refractivity contribution >= 4 is 17.6 Å². The van der Waals surface area contributed by atoms with Gasteiger partial charge in [-0.15, -0.1) is 0 Å². The summed E-state index contributed by atoms with van der Waals surface area (Å²) in [7, 11) is 1.84. The molecule has 1 heterocycles. The fourth-order valence-corrected chi connectivity index (χ4v) is 2.28. The van der Waals surface area contributed by atoms with E-state index in [1.165, 1.54) is 0 Å². The Morgan fingerprint density at radius 1 is 1.26 bits per heavy atom. The van der Waals surface area contributed by atoms with Crippen LogP contribution in [0.5, 0.6) is 0 Å². The summed E-state index contributed by atoms with van der Waals surface area (Å²) in [5.74, 6) is 2.58. The van der Waals surface area contributed by atoms with Crippen molar-refractivity contribution in [2.45, 2.75) is 46.6 Å². The molecule has 0 saturated carbocycles. The van der Waals surface area contributed by atoms with E-state index < -0.39 is 0 Å². The first-order valence-electron chi connectivity index (χ1n) is 7.10. The van der Waals surface area contributed by atoms with Crippen molar-refractivity contribution in [3.63, 3.8) is 0 Å². The number of nitrogen functional groups attached to an aromatic ring is 1. The quantitative estimate of drug-likeness (QED) is 0.793. The van der Waals surface area contributed by atoms with Crippen molar-refractivity contribution in [3.8, 4) is 0 Å². The van der Waals surface area contributed by atoms with Crippen LogP contribution in [0.1, 0.15) is 40.5 Å². The molecule has 108 valence electrons. The molecule has 0 bridgehead atoms. The van der Waals surface area contributed by atoms with Crippen LogP contribution in [0, 0.1) is 5.92 Å². The summed E-state index contributed by atoms with van der Waals surface area (Å²) in [5, 5.41) is 3.03. The van der Waals surface area contributed by atoms with E-state index >= 15 is 0 Å². The highest BCUT2D eigenvalue weighted by molar-refractivity contribution is 5.53. The van der Waals surface area contributed by atoms with Crippen LogP contribution in [-0.4, -0.2) is 29.6 Å². The molecule has 1 rings (SSSR count). The average Bonchev–Trinajstić information content (AvgIpc) is 2.37. The number of hydrogen-bond acceptors (Lipinski definition) is 5. The van der Waals surface area contributed by atoms with Crippen molar-refractivity contribution in [1.82, 2.24) is 9.97 Å². The lowest BCUT2D eigenvalue weighted by Crippen LogP contribution is -2.38. The molecule has 3 N–H and O–H groups in total. The average molecular weight is 265 g/mol. The van der Waals surface area contributed by atoms with Gasteiger partial charge in [0.1, 0.15) is 11.6 Å². The molecule has 0 fully saturated rings. The molecule has 0 radical (unpaired) electrons. The van der Waals surface area contributed by atoms with E-state index in [9.17, 15) is 0 Å². The summed E-state index contributed by atoms with van der Waals surface area (Å²) >= 11 is 0. The number of rotatable bonds is 7. The van der Waals surface area contributed by atoms with Gasteiger partial charge in [-0.3, -0.25) is 0 Å². The van der Waals surface area contributed by atoms with Crippen molar-refractivity contribution < 1.29 is 0 Å². The molecular formula is C14H27N5. The van der Waals surface area contributed by atoms with Gasteiger partial charge in [-0.05, 0) is 18.8 Å². The smallest absolute Gasteiger partial charge is 0.223 e. The van der Waals surface area contributed by atoms with Gasteiger partial charge in [0, 0.05) is 25.7 Å². The monoisotopic (exact) mass is 265 g/mol. The molecule has 0 atom stereocenters. The fraction of sp³-hybridized carbons (Fsp3) is 0.714. The minimum Gasteiger partial charge on any atom is -0.373 e. The van der Waals surface area contributed by atoms with Crippen LogP contribution in [0.15, 0.2) is 6.07 Å². The van der Waals surface area contributed by atoms with Gasteiger partial charge in [0.05, 0.1) is 0 Å². The summed E-state index contributed by atoms with van der Waals surface area (Å²) in [5.41, 5.74) is 5.80. The van der Waals surface area contributed by atoms with Crippen LogP contribution in [0.25, 0.3) is 0 Å². The van der Waals surface area contributed by atoms with Crippen molar-refractivity contribution in [2.24, 2.45) is 5.92 Å². The van der Waals surface area contributed by atoms with Crippen LogP contribution in [0.3, 0.4) is 0 Å². The van der Waals surface area contributed by atoms with E-state index in [0.717, 1.165) is 31.0 Å². The number of nitrogens with one attached hydrogen (secondary N) is 1. The van der Waals surface area contributed by atoms with Gasteiger partial charge in [-0.2, -0.15) is 9.97 Å². The fourth-order valence-electron chi connectivity index (χ4n) is 2.28. The second kappa shape index (κ2) is 7.16. The molecule has 0 aliphatic rings. The van der Waals surface area contributed by atoms with Gasteiger partial charge in [-0.1, -0.05) is 27.7 Å². The molecule has 0 aliphatic carbocycles. The van der Waals surface area contributed by atoms with Crippen molar-refractivity contribution in [3.05, 3.63) is 6.07 Å². The molecular weight excluding hydrogens is 238 g/mol. The van der Waals surface area contributed by atoms with Gasteiger partial charge in [-0.25, -0.2) is 0 Å². The maximum Gasteiger partial charge on any atom is 0.223 e. The maximum atomic E-state index is 5.80. The third-order valence-corrected chi connectivity index (χ3v) is 3.23. The topological polar surface area (TPSA) is 67.1 Å². The molecule has 0 saturated heterocycles. The number of hydrogen-bond donors (Lipinski definition) is 2. The Labute approximate surface area is 116 Å². The van der Waals surface area contributed by atoms with Crippen LogP contribution >= 0.6 is 0 Å². The van der Waals surface area contributed by atoms with E-state index in [2.05, 4.69) is 47.9 Å². The van der Waals surface area contributed by atoms with Crippen LogP contribution in [0.4, 0.5) is 17.6 Å². The highest BCUT2D eigenvalue weighted by Crippen LogP contribution is 2.23. The lowest BCUT2D eigenvalue weighted by atomic mass is 10.1. The molecule has 19 heavy (non-hydrogen) atoms. The van der Waals surface area contributed by atoms with E-state index in [0.29, 0.717) is 17.9 Å². The molecule has 1 aromatic heterocycles. The number of nitrogens with zero attached hydrogens (tertiary/aromatic N) is 3. The molecule has 0 aromatic carbocycles. The molecule has 0 aliphatic heterocycles. The van der Waals surface area contributed by atoms with Crippen molar-refractivity contribution in [2.75, 3.05) is 29.5 Å². The van der Waals surface area contributed by atoms with Gasteiger partial charge in [0.25, 0.3) is 0 Å². The van der Waals surface area contributed by atoms with Gasteiger partial charge < -0.3 is 16.0 Å². The second-order valence-electron chi connectivity index (χ2n) is 5.24. The summed E-state index contributed by atoms with van der Waals surface area (Å²) < 4.78 is 0. The zero-order chi connectivity index (χ0) is 14.4. The SMILES string of the molecule is CCC(CC)N(CC(C)C)c1cc(NC)nc(N)n1. The highest BCUT2D eigenvalue weighted by atomic mass is 15.2. The van der Waals surface area contributed by atoms with Crippen LogP contribution in [-0.2, 0) is 0 Å². The minimum atomic E-state index is 0.321. The first kappa shape index (κ1) is 15.5. The zero-order valence-corrected chi connectivity index (χ0v) is 12.8. The lowest BCUT2D eigenvalue weighted by Gasteiger charge is -2.33. The molecule has 0 spiro atoms. The molecule has 1 aromatic rings. The Morgan fingerprint density at radius 3 is 2.37 bits per heavy atom. The van der Waals surface area contributed by atoms with Crippen molar-refractivity contribution in [1.29, 1.82) is 0 Å². The van der Waals surface area contributed by atoms with Gasteiger partial charge in [0.2, 0.25) is 5.95 Å². The van der Waals surface area contributed by atoms with Crippen LogP contribution < -0.4 is 16.0 Å². The summed E-state index contributed by atoms with van der Waals surface area (Å²) in [6.07, 6.45) is 2.20. The Bertz CT molecular complexity index is 387. The molecule has 5 nitrogen and oxygen atoms in total. The zero-order valence-electron chi connectivity index (χ0n) is 12.8. The summed E-state index contributed by atoms with van der Waals surface area (Å²) in [6, 6.07) is 2.46. The van der Waals surface area contributed by atoms with E-state index in [1.54, 1.807) is 0 Å².